The lowest BCUT2D eigenvalue weighted by Crippen LogP contribution is -2.13. The highest BCUT2D eigenvalue weighted by Gasteiger charge is 2.24. The van der Waals surface area contributed by atoms with Gasteiger partial charge in [-0.05, 0) is 18.2 Å². The molecule has 7 nitrogen and oxygen atoms in total. The Kier molecular flexibility index (Phi) is 5.33. The predicted molar refractivity (Wildman–Crippen MR) is 113 cm³/mol. The SMILES string of the molecule is COc1cc(OC)c(F)c(-c2cc3cnc(-c4cccnc4)nc3c(N(C)C)n2)c1F. The van der Waals surface area contributed by atoms with Crippen molar-refractivity contribution in [1.82, 2.24) is 19.9 Å². The van der Waals surface area contributed by atoms with Gasteiger partial charge in [0.05, 0.1) is 25.5 Å². The van der Waals surface area contributed by atoms with E-state index in [9.17, 15) is 0 Å². The Morgan fingerprint density at radius 1 is 0.935 bits per heavy atom. The van der Waals surface area contributed by atoms with Gasteiger partial charge in [-0.1, -0.05) is 0 Å². The van der Waals surface area contributed by atoms with E-state index < -0.39 is 11.6 Å². The van der Waals surface area contributed by atoms with E-state index in [0.29, 0.717) is 22.5 Å². The first-order valence-corrected chi connectivity index (χ1v) is 9.30. The highest BCUT2D eigenvalue weighted by molar-refractivity contribution is 5.92. The lowest BCUT2D eigenvalue weighted by atomic mass is 10.1. The van der Waals surface area contributed by atoms with E-state index in [1.165, 1.54) is 20.3 Å². The smallest absolute Gasteiger partial charge is 0.177 e. The number of halogens is 2. The average molecular weight is 423 g/mol. The number of fused-ring (bicyclic) bond motifs is 1. The largest absolute Gasteiger partial charge is 0.494 e. The number of methoxy groups -OCH3 is 2. The summed E-state index contributed by atoms with van der Waals surface area (Å²) in [5, 5.41) is 0.571. The molecule has 1 aromatic carbocycles. The van der Waals surface area contributed by atoms with Crippen LogP contribution in [0.3, 0.4) is 0 Å². The van der Waals surface area contributed by atoms with E-state index in [2.05, 4.69) is 19.9 Å². The van der Waals surface area contributed by atoms with Gasteiger partial charge >= 0.3 is 0 Å². The van der Waals surface area contributed by atoms with Crippen molar-refractivity contribution in [3.63, 3.8) is 0 Å². The fourth-order valence-electron chi connectivity index (χ4n) is 3.21. The fraction of sp³-hybridized carbons (Fsp3) is 0.182. The molecule has 0 unspecified atom stereocenters. The zero-order valence-electron chi connectivity index (χ0n) is 17.3. The Morgan fingerprint density at radius 3 is 2.23 bits per heavy atom. The Morgan fingerprint density at radius 2 is 1.65 bits per heavy atom. The topological polar surface area (TPSA) is 73.3 Å². The van der Waals surface area contributed by atoms with Crippen LogP contribution in [0.1, 0.15) is 0 Å². The number of nitrogens with zero attached hydrogens (tertiary/aromatic N) is 5. The highest BCUT2D eigenvalue weighted by atomic mass is 19.1. The van der Waals surface area contributed by atoms with Gasteiger partial charge in [0.2, 0.25) is 0 Å². The van der Waals surface area contributed by atoms with Crippen LogP contribution in [0.2, 0.25) is 0 Å². The zero-order valence-corrected chi connectivity index (χ0v) is 17.3. The molecule has 4 rings (SSSR count). The van der Waals surface area contributed by atoms with Crippen molar-refractivity contribution in [1.29, 1.82) is 0 Å². The minimum Gasteiger partial charge on any atom is -0.494 e. The van der Waals surface area contributed by atoms with Crippen LogP contribution in [-0.2, 0) is 0 Å². The number of benzene rings is 1. The summed E-state index contributed by atoms with van der Waals surface area (Å²) in [6.45, 7) is 0. The second-order valence-corrected chi connectivity index (χ2v) is 6.88. The van der Waals surface area contributed by atoms with Crippen LogP contribution < -0.4 is 14.4 Å². The molecule has 3 heterocycles. The van der Waals surface area contributed by atoms with Gasteiger partial charge in [-0.3, -0.25) is 4.98 Å². The van der Waals surface area contributed by atoms with E-state index in [-0.39, 0.29) is 22.8 Å². The van der Waals surface area contributed by atoms with Gasteiger partial charge in [-0.25, -0.2) is 23.7 Å². The summed E-state index contributed by atoms with van der Waals surface area (Å²) in [6, 6.07) is 6.33. The fourth-order valence-corrected chi connectivity index (χ4v) is 3.21. The Bertz CT molecular complexity index is 1240. The van der Waals surface area contributed by atoms with E-state index in [0.717, 1.165) is 11.6 Å². The zero-order chi connectivity index (χ0) is 22.1. The Labute approximate surface area is 177 Å². The van der Waals surface area contributed by atoms with E-state index >= 15 is 8.78 Å². The maximum atomic E-state index is 15.0. The third-order valence-electron chi connectivity index (χ3n) is 4.72. The molecule has 158 valence electrons. The van der Waals surface area contributed by atoms with Crippen LogP contribution in [0.15, 0.2) is 42.9 Å². The van der Waals surface area contributed by atoms with Gasteiger partial charge in [0.25, 0.3) is 0 Å². The number of hydrogen-bond acceptors (Lipinski definition) is 7. The third-order valence-corrected chi connectivity index (χ3v) is 4.72. The van der Waals surface area contributed by atoms with Gasteiger partial charge in [-0.15, -0.1) is 0 Å². The number of hydrogen-bond donors (Lipinski definition) is 0. The Hall–Kier alpha value is -3.88. The monoisotopic (exact) mass is 423 g/mol. The molecule has 0 aliphatic rings. The van der Waals surface area contributed by atoms with E-state index in [4.69, 9.17) is 9.47 Å². The minimum atomic E-state index is -0.870. The number of ether oxygens (including phenoxy) is 2. The molecule has 0 aliphatic heterocycles. The number of aromatic nitrogens is 4. The van der Waals surface area contributed by atoms with Gasteiger partial charge in [0.1, 0.15) is 5.52 Å². The minimum absolute atomic E-state index is 0.0705. The second-order valence-electron chi connectivity index (χ2n) is 6.88. The number of anilines is 1. The Balaban J connectivity index is 1.98. The average Bonchev–Trinajstić information content (AvgIpc) is 2.79. The molecule has 0 amide bonds. The van der Waals surface area contributed by atoms with Crippen LogP contribution in [0.25, 0.3) is 33.5 Å². The second kappa shape index (κ2) is 8.10. The van der Waals surface area contributed by atoms with Crippen LogP contribution in [-0.4, -0.2) is 48.3 Å². The van der Waals surface area contributed by atoms with Gasteiger partial charge < -0.3 is 14.4 Å². The van der Waals surface area contributed by atoms with Crippen molar-refractivity contribution >= 4 is 16.7 Å². The van der Waals surface area contributed by atoms with Crippen molar-refractivity contribution < 1.29 is 18.3 Å². The normalized spacial score (nSPS) is 10.9. The molecule has 31 heavy (non-hydrogen) atoms. The first-order chi connectivity index (χ1) is 14.9. The lowest BCUT2D eigenvalue weighted by molar-refractivity contribution is 0.359. The van der Waals surface area contributed by atoms with Crippen molar-refractivity contribution in [2.75, 3.05) is 33.2 Å². The molecule has 0 saturated carbocycles. The van der Waals surface area contributed by atoms with Gasteiger partial charge in [-0.2, -0.15) is 0 Å². The molecule has 3 aromatic heterocycles. The third kappa shape index (κ3) is 3.58. The maximum Gasteiger partial charge on any atom is 0.177 e. The molecular weight excluding hydrogens is 404 g/mol. The summed E-state index contributed by atoms with van der Waals surface area (Å²) >= 11 is 0. The lowest BCUT2D eigenvalue weighted by Gasteiger charge is -2.17. The molecule has 0 radical (unpaired) electrons. The van der Waals surface area contributed by atoms with Crippen molar-refractivity contribution in [2.45, 2.75) is 0 Å². The molecule has 0 atom stereocenters. The van der Waals surface area contributed by atoms with Crippen LogP contribution in [0.5, 0.6) is 11.5 Å². The summed E-state index contributed by atoms with van der Waals surface area (Å²) in [5.41, 5.74) is 1.00. The van der Waals surface area contributed by atoms with Gasteiger partial charge in [0.15, 0.2) is 34.8 Å². The molecule has 0 spiro atoms. The van der Waals surface area contributed by atoms with E-state index in [1.54, 1.807) is 43.7 Å². The maximum absolute atomic E-state index is 15.0. The highest BCUT2D eigenvalue weighted by Crippen LogP contribution is 2.38. The van der Waals surface area contributed by atoms with Crippen molar-refractivity contribution in [3.05, 3.63) is 54.5 Å². The summed E-state index contributed by atoms with van der Waals surface area (Å²) in [4.78, 5) is 19.3. The van der Waals surface area contributed by atoms with Gasteiger partial charge in [0, 0.05) is 49.7 Å². The number of rotatable bonds is 5. The predicted octanol–water partition coefficient (Wildman–Crippen LogP) is 4.12. The van der Waals surface area contributed by atoms with E-state index in [1.807, 2.05) is 6.07 Å². The molecular formula is C22H19F2N5O2. The quantitative estimate of drug-likeness (QED) is 0.478. The summed E-state index contributed by atoms with van der Waals surface area (Å²) in [7, 11) is 6.14. The summed E-state index contributed by atoms with van der Waals surface area (Å²) < 4.78 is 40.2. The molecule has 9 heteroatoms. The molecule has 4 aromatic rings. The molecule has 0 saturated heterocycles. The first-order valence-electron chi connectivity index (χ1n) is 9.30. The molecule has 0 aliphatic carbocycles. The standard InChI is InChI=1S/C22H19F2N5O2/c1-29(2)22-20-13(11-26-21(28-20)12-6-5-7-25-10-12)8-14(27-22)17-18(23)15(30-3)9-16(31-4)19(17)24/h5-11H,1-4H3. The van der Waals surface area contributed by atoms with Crippen LogP contribution >= 0.6 is 0 Å². The van der Waals surface area contributed by atoms with Crippen molar-refractivity contribution in [3.8, 4) is 34.1 Å². The van der Waals surface area contributed by atoms with Crippen molar-refractivity contribution in [2.24, 2.45) is 0 Å². The molecule has 0 fully saturated rings. The number of pyridine rings is 2. The first kappa shape index (κ1) is 20.4. The summed E-state index contributed by atoms with van der Waals surface area (Å²) in [5.74, 6) is -1.13. The molecule has 0 N–H and O–H groups in total. The van der Waals surface area contributed by atoms with Crippen LogP contribution in [0, 0.1) is 11.6 Å². The van der Waals surface area contributed by atoms with Crippen LogP contribution in [0.4, 0.5) is 14.6 Å². The molecule has 0 bridgehead atoms. The summed E-state index contributed by atoms with van der Waals surface area (Å²) in [6.07, 6.45) is 4.91.